The molecule has 5 heterocycles. The zero-order valence-electron chi connectivity index (χ0n) is 17.0. The van der Waals surface area contributed by atoms with E-state index in [0.717, 1.165) is 5.56 Å². The van der Waals surface area contributed by atoms with E-state index in [1.807, 2.05) is 12.1 Å². The summed E-state index contributed by atoms with van der Waals surface area (Å²) in [5.41, 5.74) is 2.01. The van der Waals surface area contributed by atoms with Gasteiger partial charge in [0.15, 0.2) is 0 Å². The van der Waals surface area contributed by atoms with Gasteiger partial charge in [-0.15, -0.1) is 0 Å². The van der Waals surface area contributed by atoms with Crippen LogP contribution in [0.4, 0.5) is 0 Å². The molecule has 1 saturated heterocycles. The van der Waals surface area contributed by atoms with Gasteiger partial charge in [0.1, 0.15) is 22.7 Å². The molecule has 1 aliphatic rings. The van der Waals surface area contributed by atoms with Gasteiger partial charge < -0.3 is 19.3 Å². The minimum Gasteiger partial charge on any atom is -0.506 e. The van der Waals surface area contributed by atoms with Crippen molar-refractivity contribution in [2.24, 2.45) is 0 Å². The summed E-state index contributed by atoms with van der Waals surface area (Å²) in [6.45, 7) is 0.958. The molecule has 1 atom stereocenters. The van der Waals surface area contributed by atoms with Gasteiger partial charge in [-0.25, -0.2) is 4.98 Å². The third-order valence-corrected chi connectivity index (χ3v) is 5.57. The average molecular weight is 429 g/mol. The number of aromatic nitrogens is 3. The summed E-state index contributed by atoms with van der Waals surface area (Å²) in [5.74, 6) is -0.493. The highest BCUT2D eigenvalue weighted by Crippen LogP contribution is 2.29. The predicted octanol–water partition coefficient (Wildman–Crippen LogP) is 2.66. The quantitative estimate of drug-likeness (QED) is 0.533. The van der Waals surface area contributed by atoms with Crippen molar-refractivity contribution < 1.29 is 19.1 Å². The van der Waals surface area contributed by atoms with Crippen LogP contribution in [0.15, 0.2) is 71.9 Å². The number of rotatable bonds is 3. The largest absolute Gasteiger partial charge is 0.506 e. The summed E-state index contributed by atoms with van der Waals surface area (Å²) in [4.78, 5) is 42.4. The van der Waals surface area contributed by atoms with E-state index in [-0.39, 0.29) is 29.3 Å². The van der Waals surface area contributed by atoms with Crippen molar-refractivity contribution in [3.63, 3.8) is 0 Å². The van der Waals surface area contributed by atoms with Crippen molar-refractivity contribution in [2.75, 3.05) is 19.6 Å². The van der Waals surface area contributed by atoms with Gasteiger partial charge in [0.2, 0.25) is 0 Å². The normalized spacial score (nSPS) is 16.3. The topological polar surface area (TPSA) is 113 Å². The average Bonchev–Trinajstić information content (AvgIpc) is 3.33. The van der Waals surface area contributed by atoms with Crippen LogP contribution in [0.25, 0.3) is 11.0 Å². The minimum atomic E-state index is -0.385. The molecule has 1 fully saturated rings. The SMILES string of the molecule is O=C(c1ccc(O)cn1)N1CCN(C(=O)c2nccc3occc23)C(c2ccncc2)C1. The molecule has 1 unspecified atom stereocenters. The van der Waals surface area contributed by atoms with Crippen molar-refractivity contribution in [1.82, 2.24) is 24.8 Å². The second-order valence-electron chi connectivity index (χ2n) is 7.44. The van der Waals surface area contributed by atoms with Gasteiger partial charge in [0.25, 0.3) is 11.8 Å². The molecule has 5 rings (SSSR count). The number of nitrogens with zero attached hydrogens (tertiary/aromatic N) is 5. The fourth-order valence-electron chi connectivity index (χ4n) is 3.96. The van der Waals surface area contributed by atoms with Crippen LogP contribution >= 0.6 is 0 Å². The Bertz CT molecular complexity index is 1270. The van der Waals surface area contributed by atoms with Gasteiger partial charge in [-0.2, -0.15) is 0 Å². The lowest BCUT2D eigenvalue weighted by atomic mass is 10.0. The first-order valence-corrected chi connectivity index (χ1v) is 10.1. The van der Waals surface area contributed by atoms with Crippen molar-refractivity contribution in [3.8, 4) is 5.75 Å². The number of fused-ring (bicyclic) bond motifs is 1. The van der Waals surface area contributed by atoms with E-state index in [1.54, 1.807) is 40.5 Å². The molecule has 0 aromatic carbocycles. The lowest BCUT2D eigenvalue weighted by molar-refractivity contribution is 0.0378. The van der Waals surface area contributed by atoms with Gasteiger partial charge in [0.05, 0.1) is 23.9 Å². The molecule has 0 saturated carbocycles. The van der Waals surface area contributed by atoms with Crippen LogP contribution in [-0.4, -0.2) is 61.3 Å². The number of hydrogen-bond donors (Lipinski definition) is 1. The molecule has 1 aliphatic heterocycles. The maximum atomic E-state index is 13.5. The van der Waals surface area contributed by atoms with Gasteiger partial charge in [-0.1, -0.05) is 0 Å². The first-order valence-electron chi connectivity index (χ1n) is 10.1. The Balaban J connectivity index is 1.47. The summed E-state index contributed by atoms with van der Waals surface area (Å²) in [5, 5.41) is 10.1. The van der Waals surface area contributed by atoms with E-state index < -0.39 is 0 Å². The third-order valence-electron chi connectivity index (χ3n) is 5.57. The molecule has 0 bridgehead atoms. The van der Waals surface area contributed by atoms with E-state index in [2.05, 4.69) is 15.0 Å². The molecule has 9 nitrogen and oxygen atoms in total. The molecular weight excluding hydrogens is 410 g/mol. The monoisotopic (exact) mass is 429 g/mol. The van der Waals surface area contributed by atoms with E-state index in [9.17, 15) is 14.7 Å². The number of carbonyl (C=O) groups excluding carboxylic acids is 2. The summed E-state index contributed by atoms with van der Waals surface area (Å²) in [7, 11) is 0. The smallest absolute Gasteiger partial charge is 0.273 e. The Labute approximate surface area is 183 Å². The van der Waals surface area contributed by atoms with Crippen molar-refractivity contribution in [1.29, 1.82) is 0 Å². The van der Waals surface area contributed by atoms with E-state index in [0.29, 0.717) is 36.3 Å². The molecule has 4 aromatic heterocycles. The highest BCUT2D eigenvalue weighted by molar-refractivity contribution is 6.04. The van der Waals surface area contributed by atoms with Crippen LogP contribution in [0.2, 0.25) is 0 Å². The number of furan rings is 1. The van der Waals surface area contributed by atoms with Crippen LogP contribution in [0.1, 0.15) is 32.6 Å². The summed E-state index contributed by atoms with van der Waals surface area (Å²) in [6, 6.07) is 9.65. The highest BCUT2D eigenvalue weighted by Gasteiger charge is 2.35. The van der Waals surface area contributed by atoms with Gasteiger partial charge in [-0.05, 0) is 42.0 Å². The molecule has 4 aromatic rings. The lowest BCUT2D eigenvalue weighted by Gasteiger charge is -2.41. The van der Waals surface area contributed by atoms with Crippen LogP contribution in [0.3, 0.4) is 0 Å². The van der Waals surface area contributed by atoms with Crippen molar-refractivity contribution in [3.05, 3.63) is 84.4 Å². The van der Waals surface area contributed by atoms with E-state index >= 15 is 0 Å². The summed E-state index contributed by atoms with van der Waals surface area (Å²) < 4.78 is 5.42. The van der Waals surface area contributed by atoms with Crippen LogP contribution in [0.5, 0.6) is 5.75 Å². The fraction of sp³-hybridized carbons (Fsp3) is 0.174. The Morgan fingerprint density at radius 1 is 0.969 bits per heavy atom. The zero-order chi connectivity index (χ0) is 22.1. The molecule has 0 spiro atoms. The molecule has 32 heavy (non-hydrogen) atoms. The molecule has 0 radical (unpaired) electrons. The van der Waals surface area contributed by atoms with E-state index in [4.69, 9.17) is 4.42 Å². The second kappa shape index (κ2) is 8.10. The zero-order valence-corrected chi connectivity index (χ0v) is 17.0. The Kier molecular flexibility index (Phi) is 4.98. The highest BCUT2D eigenvalue weighted by atomic mass is 16.3. The predicted molar refractivity (Wildman–Crippen MR) is 114 cm³/mol. The van der Waals surface area contributed by atoms with Crippen LogP contribution < -0.4 is 0 Å². The number of carbonyl (C=O) groups is 2. The summed E-state index contributed by atoms with van der Waals surface area (Å²) >= 11 is 0. The molecule has 2 amide bonds. The molecule has 1 N–H and O–H groups in total. The third kappa shape index (κ3) is 3.53. The number of pyridine rings is 3. The number of piperazine rings is 1. The fourth-order valence-corrected chi connectivity index (χ4v) is 3.96. The molecule has 160 valence electrons. The van der Waals surface area contributed by atoms with Gasteiger partial charge in [0, 0.05) is 38.2 Å². The van der Waals surface area contributed by atoms with Crippen molar-refractivity contribution in [2.45, 2.75) is 6.04 Å². The maximum Gasteiger partial charge on any atom is 0.273 e. The van der Waals surface area contributed by atoms with Crippen LogP contribution in [0, 0.1) is 0 Å². The Morgan fingerprint density at radius 2 is 1.81 bits per heavy atom. The molecule has 9 heteroatoms. The molecule has 0 aliphatic carbocycles. The minimum absolute atomic E-state index is 0.00690. The maximum absolute atomic E-state index is 13.5. The number of amides is 2. The van der Waals surface area contributed by atoms with Gasteiger partial charge >= 0.3 is 0 Å². The Morgan fingerprint density at radius 3 is 2.59 bits per heavy atom. The number of hydrogen-bond acceptors (Lipinski definition) is 7. The summed E-state index contributed by atoms with van der Waals surface area (Å²) in [6.07, 6.45) is 7.65. The van der Waals surface area contributed by atoms with Crippen molar-refractivity contribution >= 4 is 22.8 Å². The second-order valence-corrected chi connectivity index (χ2v) is 7.44. The first kappa shape index (κ1) is 19.7. The first-order chi connectivity index (χ1) is 15.6. The number of aromatic hydroxyl groups is 1. The molecular formula is C23H19N5O4. The lowest BCUT2D eigenvalue weighted by Crippen LogP contribution is -2.52. The van der Waals surface area contributed by atoms with Gasteiger partial charge in [-0.3, -0.25) is 19.6 Å². The Hall–Kier alpha value is -4.27. The van der Waals surface area contributed by atoms with Crippen LogP contribution in [-0.2, 0) is 0 Å². The van der Waals surface area contributed by atoms with E-state index in [1.165, 1.54) is 24.6 Å². The standard InChI is InChI=1S/C23H19N5O4/c29-16-1-2-18(26-13-16)22(30)27-10-11-28(19(14-27)15-3-7-24-8-4-15)23(31)21-17-6-12-32-20(17)5-9-25-21/h1-9,12-13,19,29H,10-11,14H2.